The molecule has 2 aliphatic heterocycles. The van der Waals surface area contributed by atoms with Crippen LogP contribution in [0.5, 0.6) is 11.6 Å². The van der Waals surface area contributed by atoms with Crippen molar-refractivity contribution in [1.82, 2.24) is 30.0 Å². The van der Waals surface area contributed by atoms with Gasteiger partial charge in [-0.2, -0.15) is 5.10 Å². The van der Waals surface area contributed by atoms with Crippen molar-refractivity contribution in [1.29, 1.82) is 0 Å². The highest BCUT2D eigenvalue weighted by Crippen LogP contribution is 2.32. The molecule has 3 aromatic heterocycles. The summed E-state index contributed by atoms with van der Waals surface area (Å²) in [6.07, 6.45) is 5.31. The number of aromatic nitrogens is 4. The number of pyridine rings is 2. The van der Waals surface area contributed by atoms with Gasteiger partial charge >= 0.3 is 0 Å². The van der Waals surface area contributed by atoms with Gasteiger partial charge in [-0.05, 0) is 56.2 Å². The van der Waals surface area contributed by atoms with Crippen molar-refractivity contribution < 1.29 is 14.3 Å². The predicted molar refractivity (Wildman–Crippen MR) is 139 cm³/mol. The molecule has 2 saturated heterocycles. The van der Waals surface area contributed by atoms with Crippen LogP contribution in [0.25, 0.3) is 22.2 Å². The van der Waals surface area contributed by atoms with Gasteiger partial charge in [-0.15, -0.1) is 0 Å². The normalized spacial score (nSPS) is 20.3. The first-order valence-electron chi connectivity index (χ1n) is 12.7. The van der Waals surface area contributed by atoms with Crippen LogP contribution >= 0.6 is 0 Å². The van der Waals surface area contributed by atoms with E-state index in [0.29, 0.717) is 23.7 Å². The number of likely N-dealkylation sites (tertiary alicyclic amines) is 1. The van der Waals surface area contributed by atoms with Gasteiger partial charge in [-0.3, -0.25) is 19.8 Å². The lowest BCUT2D eigenvalue weighted by Gasteiger charge is -2.41. The fraction of sp³-hybridized carbons (Fsp3) is 0.357. The number of hydrogen-bond acceptors (Lipinski definition) is 7. The average Bonchev–Trinajstić information content (AvgIpc) is 3.54. The van der Waals surface area contributed by atoms with Gasteiger partial charge in [0.1, 0.15) is 11.9 Å². The molecule has 9 heteroatoms. The molecule has 1 N–H and O–H groups in total. The summed E-state index contributed by atoms with van der Waals surface area (Å²) in [7, 11) is 1.59. The topological polar surface area (TPSA) is 96.5 Å². The number of methoxy groups -OCH3 is 1. The molecule has 3 unspecified atom stereocenters. The Bertz CT molecular complexity index is 1380. The van der Waals surface area contributed by atoms with Crippen molar-refractivity contribution in [3.63, 3.8) is 0 Å². The smallest absolute Gasteiger partial charge is 0.251 e. The van der Waals surface area contributed by atoms with Crippen LogP contribution in [0.3, 0.4) is 0 Å². The number of amides is 1. The van der Waals surface area contributed by atoms with E-state index in [-0.39, 0.29) is 12.0 Å². The van der Waals surface area contributed by atoms with Gasteiger partial charge in [0, 0.05) is 68.2 Å². The first kappa shape index (κ1) is 23.6. The number of carbonyl (C=O) groups excluding carboxylic acids is 1. The summed E-state index contributed by atoms with van der Waals surface area (Å²) in [5, 5.41) is 7.92. The molecule has 4 aromatic rings. The fourth-order valence-electron chi connectivity index (χ4n) is 5.41. The van der Waals surface area contributed by atoms with Crippen LogP contribution in [0, 0.1) is 0 Å². The van der Waals surface area contributed by atoms with E-state index in [2.05, 4.69) is 32.2 Å². The molecular weight excluding hydrogens is 468 g/mol. The van der Waals surface area contributed by atoms with Gasteiger partial charge in [-0.1, -0.05) is 6.07 Å². The van der Waals surface area contributed by atoms with E-state index in [1.54, 1.807) is 19.5 Å². The number of aromatic amines is 1. The molecule has 2 aliphatic rings. The van der Waals surface area contributed by atoms with Crippen molar-refractivity contribution in [2.45, 2.75) is 44.5 Å². The monoisotopic (exact) mass is 498 g/mol. The average molecular weight is 499 g/mol. The lowest BCUT2D eigenvalue weighted by molar-refractivity contribution is -0.144. The van der Waals surface area contributed by atoms with Crippen molar-refractivity contribution in [3.05, 3.63) is 66.6 Å². The summed E-state index contributed by atoms with van der Waals surface area (Å²) in [4.78, 5) is 26.5. The predicted octanol–water partition coefficient (Wildman–Crippen LogP) is 4.02. The van der Waals surface area contributed by atoms with Crippen LogP contribution < -0.4 is 4.74 Å². The highest BCUT2D eigenvalue weighted by molar-refractivity contribution is 5.81. The van der Waals surface area contributed by atoms with Gasteiger partial charge in [-0.25, -0.2) is 4.98 Å². The third-order valence-electron chi connectivity index (χ3n) is 7.48. The molecule has 5 heterocycles. The van der Waals surface area contributed by atoms with Crippen LogP contribution in [0.2, 0.25) is 0 Å². The van der Waals surface area contributed by atoms with E-state index >= 15 is 0 Å². The second-order valence-corrected chi connectivity index (χ2v) is 9.79. The van der Waals surface area contributed by atoms with Gasteiger partial charge in [0.15, 0.2) is 0 Å². The third-order valence-corrected chi connectivity index (χ3v) is 7.48. The number of nitrogens with one attached hydrogen (secondary N) is 1. The van der Waals surface area contributed by atoms with Gasteiger partial charge in [0.05, 0.1) is 16.9 Å². The first-order valence-corrected chi connectivity index (χ1v) is 12.7. The Labute approximate surface area is 215 Å². The van der Waals surface area contributed by atoms with Crippen molar-refractivity contribution in [3.8, 4) is 22.9 Å². The third kappa shape index (κ3) is 4.80. The van der Waals surface area contributed by atoms with E-state index in [1.807, 2.05) is 48.2 Å². The molecular formula is C28H30N6O3. The maximum Gasteiger partial charge on any atom is 0.251 e. The van der Waals surface area contributed by atoms with Crippen LogP contribution in [0.4, 0.5) is 0 Å². The summed E-state index contributed by atoms with van der Waals surface area (Å²) in [5.74, 6) is 1.33. The van der Waals surface area contributed by atoms with Crippen LogP contribution in [0.1, 0.15) is 25.5 Å². The molecule has 37 heavy (non-hydrogen) atoms. The highest BCUT2D eigenvalue weighted by Gasteiger charge is 2.42. The van der Waals surface area contributed by atoms with Crippen molar-refractivity contribution >= 4 is 16.8 Å². The zero-order valence-electron chi connectivity index (χ0n) is 21.0. The van der Waals surface area contributed by atoms with Gasteiger partial charge in [0.25, 0.3) is 5.91 Å². The SMILES string of the molecule is COC(C)C(=O)N1CC2CCC(C1)N2Cc1ccc2cc(Oc3ccc(-c4ccn[nH]4)cn3)ccc2n1. The summed E-state index contributed by atoms with van der Waals surface area (Å²) < 4.78 is 11.2. The quantitative estimate of drug-likeness (QED) is 0.411. The minimum atomic E-state index is -0.390. The molecule has 2 bridgehead atoms. The largest absolute Gasteiger partial charge is 0.439 e. The zero-order chi connectivity index (χ0) is 25.4. The Hall–Kier alpha value is -3.82. The number of fused-ring (bicyclic) bond motifs is 3. The van der Waals surface area contributed by atoms with Crippen molar-refractivity contribution in [2.75, 3.05) is 20.2 Å². The summed E-state index contributed by atoms with van der Waals surface area (Å²) in [6.45, 7) is 4.13. The second kappa shape index (κ2) is 9.91. The summed E-state index contributed by atoms with van der Waals surface area (Å²) in [5.41, 5.74) is 3.84. The number of hydrogen-bond donors (Lipinski definition) is 1. The Balaban J connectivity index is 1.12. The van der Waals surface area contributed by atoms with Crippen LogP contribution in [-0.4, -0.2) is 74.3 Å². The standard InChI is InChI=1S/C28H30N6O3/c1-18(36-2)28(35)33-16-22-6-7-23(17-33)34(22)15-21-5-3-19-13-24(8-9-25(19)31-21)37-27-10-4-20(14-29-27)26-11-12-30-32-26/h3-5,8-14,18,22-23H,6-7,15-17H2,1-2H3,(H,30,32). The molecule has 2 fully saturated rings. The van der Waals surface area contributed by atoms with Gasteiger partial charge in [0.2, 0.25) is 5.88 Å². The Morgan fingerprint density at radius 1 is 1.11 bits per heavy atom. The van der Waals surface area contributed by atoms with Gasteiger partial charge < -0.3 is 14.4 Å². The maximum atomic E-state index is 12.6. The molecule has 6 rings (SSSR count). The lowest BCUT2D eigenvalue weighted by Crippen LogP contribution is -2.56. The van der Waals surface area contributed by atoms with Crippen LogP contribution in [-0.2, 0) is 16.1 Å². The molecule has 190 valence electrons. The molecule has 9 nitrogen and oxygen atoms in total. The van der Waals surface area contributed by atoms with E-state index in [4.69, 9.17) is 14.5 Å². The molecule has 3 atom stereocenters. The van der Waals surface area contributed by atoms with E-state index < -0.39 is 0 Å². The number of benzene rings is 1. The number of rotatable bonds is 7. The molecule has 0 saturated carbocycles. The minimum Gasteiger partial charge on any atom is -0.439 e. The second-order valence-electron chi connectivity index (χ2n) is 9.79. The molecule has 0 radical (unpaired) electrons. The summed E-state index contributed by atoms with van der Waals surface area (Å²) >= 11 is 0. The zero-order valence-corrected chi connectivity index (χ0v) is 21.0. The Morgan fingerprint density at radius 2 is 1.95 bits per heavy atom. The molecule has 0 aliphatic carbocycles. The Morgan fingerprint density at radius 3 is 2.65 bits per heavy atom. The first-order chi connectivity index (χ1) is 18.1. The maximum absolute atomic E-state index is 12.6. The number of carbonyl (C=O) groups is 1. The fourth-order valence-corrected chi connectivity index (χ4v) is 5.41. The van der Waals surface area contributed by atoms with E-state index in [9.17, 15) is 4.79 Å². The Kier molecular flexibility index (Phi) is 6.31. The number of nitrogens with zero attached hydrogens (tertiary/aromatic N) is 5. The lowest BCUT2D eigenvalue weighted by atomic mass is 10.1. The molecule has 1 amide bonds. The molecule has 1 aromatic carbocycles. The minimum absolute atomic E-state index is 0.0878. The van der Waals surface area contributed by atoms with E-state index in [1.165, 1.54) is 0 Å². The number of H-pyrrole nitrogens is 1. The highest BCUT2D eigenvalue weighted by atomic mass is 16.5. The van der Waals surface area contributed by atoms with Crippen LogP contribution in [0.15, 0.2) is 60.9 Å². The molecule has 0 spiro atoms. The van der Waals surface area contributed by atoms with Crippen molar-refractivity contribution in [2.24, 2.45) is 0 Å². The number of ether oxygens (including phenoxy) is 2. The summed E-state index contributed by atoms with van der Waals surface area (Å²) in [6, 6.07) is 16.5. The van der Waals surface area contributed by atoms with E-state index in [0.717, 1.165) is 60.3 Å². The number of piperazine rings is 1.